The fourth-order valence-corrected chi connectivity index (χ4v) is 14.8. The van der Waals surface area contributed by atoms with E-state index in [2.05, 4.69) is 14.7 Å². The van der Waals surface area contributed by atoms with Crippen LogP contribution in [0.2, 0.25) is 13.0 Å². The SMILES string of the molecule is CC(=O)N(C(C)C)C(C)c1cc(Cl)sc1N1CCN(C(=O)OC(C)(C)C)CC1.CC(=O)N(C(C)C)[C@@H](C)c1cc(Cl)sc1N1CCN(C(=O)OC(C)(C)C)CC1.CC(=O)N(C(C)C)[C@H](C)c1cc(Cl)sc1N1CCN(C(=O)OC(C)(C)C)CC1. The maximum Gasteiger partial charge on any atom is 0.410 e. The highest BCUT2D eigenvalue weighted by atomic mass is 35.5. The third-order valence-electron chi connectivity index (χ3n) is 14.1. The topological polar surface area (TPSA) is 159 Å². The van der Waals surface area contributed by atoms with E-state index in [1.165, 1.54) is 34.0 Å². The summed E-state index contributed by atoms with van der Waals surface area (Å²) < 4.78 is 18.5. The smallest absolute Gasteiger partial charge is 0.410 e. The largest absolute Gasteiger partial charge is 0.444 e. The number of ether oxygens (including phenoxy) is 3. The molecule has 0 saturated carbocycles. The third-order valence-corrected chi connectivity index (χ3v) is 18.2. The van der Waals surface area contributed by atoms with Gasteiger partial charge in [-0.25, -0.2) is 14.4 Å². The van der Waals surface area contributed by atoms with Crippen LogP contribution in [0.4, 0.5) is 29.4 Å². The molecule has 84 heavy (non-hydrogen) atoms. The molecule has 6 heterocycles. The van der Waals surface area contributed by atoms with Crippen LogP contribution in [0.3, 0.4) is 0 Å². The molecule has 3 atom stereocenters. The first-order valence-corrected chi connectivity index (χ1v) is 32.7. The normalized spacial score (nSPS) is 16.3. The molecule has 6 amide bonds. The third kappa shape index (κ3) is 20.6. The number of hydrogen-bond acceptors (Lipinski definition) is 15. The van der Waals surface area contributed by atoms with Gasteiger partial charge < -0.3 is 58.3 Å². The van der Waals surface area contributed by atoms with Crippen molar-refractivity contribution in [3.8, 4) is 0 Å². The molecule has 3 fully saturated rings. The molecule has 1 unspecified atom stereocenters. The van der Waals surface area contributed by atoms with Crippen LogP contribution in [-0.4, -0.2) is 179 Å². The average molecular weight is 1290 g/mol. The summed E-state index contributed by atoms with van der Waals surface area (Å²) in [5.41, 5.74) is 1.69. The highest BCUT2D eigenvalue weighted by Crippen LogP contribution is 2.44. The van der Waals surface area contributed by atoms with Crippen molar-refractivity contribution >= 4 is 120 Å². The first kappa shape index (κ1) is 72.1. The van der Waals surface area contributed by atoms with Crippen LogP contribution >= 0.6 is 68.8 Å². The molecule has 0 spiro atoms. The molecule has 0 N–H and O–H groups in total. The number of nitrogens with zero attached hydrogens (tertiary/aromatic N) is 9. The lowest BCUT2D eigenvalue weighted by atomic mass is 10.1. The Hall–Kier alpha value is -4.41. The lowest BCUT2D eigenvalue weighted by Gasteiger charge is -2.38. The van der Waals surface area contributed by atoms with Crippen molar-refractivity contribution in [1.29, 1.82) is 0 Å². The fraction of sp³-hybridized carbons (Fsp3) is 0.700. The number of hydrogen-bond donors (Lipinski definition) is 0. The van der Waals surface area contributed by atoms with Crippen LogP contribution in [0.5, 0.6) is 0 Å². The molecule has 3 saturated heterocycles. The lowest BCUT2D eigenvalue weighted by Crippen LogP contribution is -2.50. The first-order chi connectivity index (χ1) is 38.7. The Kier molecular flexibility index (Phi) is 26.1. The lowest BCUT2D eigenvalue weighted by molar-refractivity contribution is -0.133. The minimum Gasteiger partial charge on any atom is -0.444 e. The monoisotopic (exact) mass is 1290 g/mol. The molecule has 0 aliphatic carbocycles. The molecular formula is C60H96Cl3N9O9S3. The van der Waals surface area contributed by atoms with Gasteiger partial charge in [-0.2, -0.15) is 0 Å². The molecule has 0 radical (unpaired) electrons. The van der Waals surface area contributed by atoms with Gasteiger partial charge in [0.15, 0.2) is 0 Å². The van der Waals surface area contributed by atoms with E-state index in [1.54, 1.807) is 35.5 Å². The van der Waals surface area contributed by atoms with Gasteiger partial charge in [-0.05, 0) is 143 Å². The second-order valence-corrected chi connectivity index (χ2v) is 30.4. The van der Waals surface area contributed by atoms with Crippen molar-refractivity contribution in [2.24, 2.45) is 0 Å². The maximum atomic E-state index is 12.3. The standard InChI is InChI=1S/3C20H32ClN3O3S/c3*1-13(2)24(15(4)25)14(3)16-12-17(21)28-18(16)22-8-10-23(11-9-22)19(26)27-20(5,6)7/h3*12-14H,8-11H2,1-7H3/t2*14-;/m10./s1. The minimum absolute atomic E-state index is 0.0468. The van der Waals surface area contributed by atoms with Crippen molar-refractivity contribution in [3.05, 3.63) is 47.9 Å². The van der Waals surface area contributed by atoms with Crippen LogP contribution in [0.15, 0.2) is 18.2 Å². The van der Waals surface area contributed by atoms with Crippen molar-refractivity contribution in [2.75, 3.05) is 93.2 Å². The van der Waals surface area contributed by atoms with E-state index in [4.69, 9.17) is 49.0 Å². The Morgan fingerprint density at radius 2 is 0.583 bits per heavy atom. The first-order valence-electron chi connectivity index (χ1n) is 29.1. The van der Waals surface area contributed by atoms with Crippen molar-refractivity contribution in [1.82, 2.24) is 29.4 Å². The highest BCUT2D eigenvalue weighted by molar-refractivity contribution is 7.21. The highest BCUT2D eigenvalue weighted by Gasteiger charge is 2.35. The van der Waals surface area contributed by atoms with E-state index in [-0.39, 0.29) is 72.3 Å². The van der Waals surface area contributed by atoms with E-state index in [0.717, 1.165) is 31.7 Å². The zero-order chi connectivity index (χ0) is 63.7. The summed E-state index contributed by atoms with van der Waals surface area (Å²) in [5.74, 6) is 0.140. The second kappa shape index (κ2) is 30.5. The molecule has 0 aromatic carbocycles. The number of rotatable bonds is 12. The van der Waals surface area contributed by atoms with Gasteiger partial charge in [0.05, 0.1) is 46.1 Å². The number of carbonyl (C=O) groups excluding carboxylic acids is 6. The molecule has 3 aromatic heterocycles. The molecule has 3 aromatic rings. The van der Waals surface area contributed by atoms with E-state index in [9.17, 15) is 28.8 Å². The van der Waals surface area contributed by atoms with Gasteiger partial charge >= 0.3 is 18.3 Å². The molecule has 3 aliphatic heterocycles. The summed E-state index contributed by atoms with van der Waals surface area (Å²) in [5, 5.41) is 3.23. The number of piperazine rings is 3. The van der Waals surface area contributed by atoms with E-state index >= 15 is 0 Å². The van der Waals surface area contributed by atoms with Crippen LogP contribution in [0, 0.1) is 0 Å². The Labute approximate surface area is 528 Å². The van der Waals surface area contributed by atoms with Gasteiger partial charge in [-0.1, -0.05) is 34.8 Å². The quantitative estimate of drug-likeness (QED) is 0.158. The Morgan fingerprint density at radius 3 is 0.738 bits per heavy atom. The second-order valence-electron chi connectivity index (χ2n) is 25.4. The molecular weight excluding hydrogens is 1190 g/mol. The van der Waals surface area contributed by atoms with Gasteiger partial charge in [-0.3, -0.25) is 14.4 Å². The Morgan fingerprint density at radius 1 is 0.393 bits per heavy atom. The van der Waals surface area contributed by atoms with Crippen molar-refractivity contribution in [2.45, 2.75) is 198 Å². The zero-order valence-electron chi connectivity index (χ0n) is 53.7. The van der Waals surface area contributed by atoms with Crippen LogP contribution in [0.25, 0.3) is 0 Å². The number of amides is 6. The van der Waals surface area contributed by atoms with Crippen LogP contribution in [0.1, 0.15) is 180 Å². The number of carbonyl (C=O) groups is 6. The van der Waals surface area contributed by atoms with Crippen LogP contribution < -0.4 is 14.7 Å². The van der Waals surface area contributed by atoms with Gasteiger partial charge in [-0.15, -0.1) is 34.0 Å². The summed E-state index contributed by atoms with van der Waals surface area (Å²) >= 11 is 23.6. The number of thiophene rings is 3. The number of halogens is 3. The summed E-state index contributed by atoms with van der Waals surface area (Å²) in [6.45, 7) is 47.7. The predicted molar refractivity (Wildman–Crippen MR) is 346 cm³/mol. The predicted octanol–water partition coefficient (Wildman–Crippen LogP) is 14.3. The van der Waals surface area contributed by atoms with Gasteiger partial charge in [0.25, 0.3) is 0 Å². The Balaban J connectivity index is 0.000000270. The van der Waals surface area contributed by atoms with Gasteiger partial charge in [0, 0.05) is 134 Å². The van der Waals surface area contributed by atoms with Gasteiger partial charge in [0.2, 0.25) is 17.7 Å². The molecule has 6 rings (SSSR count). The van der Waals surface area contributed by atoms with E-state index < -0.39 is 16.8 Å². The van der Waals surface area contributed by atoms with Crippen LogP contribution in [-0.2, 0) is 28.6 Å². The summed E-state index contributed by atoms with van der Waals surface area (Å²) in [6.07, 6.45) is -0.812. The van der Waals surface area contributed by atoms with Crippen molar-refractivity contribution in [3.63, 3.8) is 0 Å². The minimum atomic E-state index is -0.495. The molecule has 0 bridgehead atoms. The fourth-order valence-electron chi connectivity index (χ4n) is 10.7. The van der Waals surface area contributed by atoms with E-state index in [0.29, 0.717) is 91.5 Å². The Bertz CT molecular complexity index is 2400. The zero-order valence-corrected chi connectivity index (χ0v) is 58.5. The molecule has 24 heteroatoms. The molecule has 3 aliphatic rings. The average Bonchev–Trinajstić information content (AvgIpc) is 3.81. The molecule has 18 nitrogen and oxygen atoms in total. The maximum absolute atomic E-state index is 12.3. The molecule has 474 valence electrons. The van der Waals surface area contributed by atoms with Crippen molar-refractivity contribution < 1.29 is 43.0 Å². The summed E-state index contributed by atoms with van der Waals surface area (Å²) in [7, 11) is 0. The van der Waals surface area contributed by atoms with E-state index in [1.807, 2.05) is 158 Å². The van der Waals surface area contributed by atoms with Gasteiger partial charge in [0.1, 0.15) is 16.8 Å². The summed E-state index contributed by atoms with van der Waals surface area (Å²) in [4.78, 5) is 91.0. The number of anilines is 3. The summed E-state index contributed by atoms with van der Waals surface area (Å²) in [6, 6.07) is 5.98.